The third kappa shape index (κ3) is 4.60. The average molecular weight is 383 g/mol. The summed E-state index contributed by atoms with van der Waals surface area (Å²) in [5, 5.41) is 5.97. The van der Waals surface area contributed by atoms with Crippen LogP contribution in [0.15, 0.2) is 9.95 Å². The molecular weight excluding hydrogens is 360 g/mol. The molecule has 0 radical (unpaired) electrons. The Hall–Kier alpha value is -1.87. The molecular formula is C16H22N4O3S2. The number of nitrogens with zero attached hydrogens (tertiary/aromatic N) is 2. The number of aryl methyl sites for hydroxylation is 2. The van der Waals surface area contributed by atoms with E-state index in [0.717, 1.165) is 22.2 Å². The van der Waals surface area contributed by atoms with Gasteiger partial charge >= 0.3 is 6.03 Å². The van der Waals surface area contributed by atoms with E-state index >= 15 is 0 Å². The van der Waals surface area contributed by atoms with Gasteiger partial charge in [-0.3, -0.25) is 19.5 Å². The molecule has 2 rings (SSSR count). The number of rotatable bonds is 5. The summed E-state index contributed by atoms with van der Waals surface area (Å²) in [6.45, 7) is 8.29. The van der Waals surface area contributed by atoms with Gasteiger partial charge in [-0.05, 0) is 25.3 Å². The predicted molar refractivity (Wildman–Crippen MR) is 101 cm³/mol. The van der Waals surface area contributed by atoms with Crippen LogP contribution in [0.1, 0.15) is 24.3 Å². The summed E-state index contributed by atoms with van der Waals surface area (Å²) in [7, 11) is 1.64. The van der Waals surface area contributed by atoms with Crippen molar-refractivity contribution in [3.05, 3.63) is 20.8 Å². The molecule has 0 aliphatic carbocycles. The lowest BCUT2D eigenvalue weighted by Crippen LogP contribution is -2.41. The van der Waals surface area contributed by atoms with Crippen LogP contribution in [0.4, 0.5) is 4.79 Å². The van der Waals surface area contributed by atoms with Crippen LogP contribution in [0.3, 0.4) is 0 Å². The highest BCUT2D eigenvalue weighted by molar-refractivity contribution is 7.99. The molecule has 0 aliphatic heterocycles. The Morgan fingerprint density at radius 1 is 1.32 bits per heavy atom. The topological polar surface area (TPSA) is 93.1 Å². The van der Waals surface area contributed by atoms with Crippen molar-refractivity contribution in [2.75, 3.05) is 12.3 Å². The van der Waals surface area contributed by atoms with Crippen LogP contribution in [0.25, 0.3) is 10.2 Å². The molecule has 136 valence electrons. The van der Waals surface area contributed by atoms with Gasteiger partial charge < -0.3 is 5.32 Å². The molecule has 0 saturated carbocycles. The van der Waals surface area contributed by atoms with Crippen molar-refractivity contribution in [1.29, 1.82) is 0 Å². The molecule has 2 heterocycles. The number of thioether (sulfide) groups is 1. The van der Waals surface area contributed by atoms with Crippen LogP contribution in [0.5, 0.6) is 0 Å². The van der Waals surface area contributed by atoms with Crippen molar-refractivity contribution in [2.45, 2.75) is 32.9 Å². The molecule has 2 aromatic heterocycles. The van der Waals surface area contributed by atoms with E-state index in [9.17, 15) is 14.4 Å². The van der Waals surface area contributed by atoms with E-state index in [0.29, 0.717) is 27.8 Å². The van der Waals surface area contributed by atoms with Gasteiger partial charge in [-0.2, -0.15) is 0 Å². The Balaban J connectivity index is 2.06. The Bertz CT molecular complexity index is 870. The number of aromatic nitrogens is 2. The molecule has 2 N–H and O–H groups in total. The molecule has 25 heavy (non-hydrogen) atoms. The number of hydrogen-bond donors (Lipinski definition) is 2. The summed E-state index contributed by atoms with van der Waals surface area (Å²) in [6.07, 6.45) is 0. The first-order valence-corrected chi connectivity index (χ1v) is 9.68. The summed E-state index contributed by atoms with van der Waals surface area (Å²) in [6, 6.07) is -0.513. The van der Waals surface area contributed by atoms with Gasteiger partial charge in [0.2, 0.25) is 5.91 Å². The van der Waals surface area contributed by atoms with Gasteiger partial charge in [-0.15, -0.1) is 11.3 Å². The van der Waals surface area contributed by atoms with Crippen molar-refractivity contribution in [2.24, 2.45) is 13.0 Å². The second kappa shape index (κ2) is 8.01. The number of carbonyl (C=O) groups excluding carboxylic acids is 2. The highest BCUT2D eigenvalue weighted by atomic mass is 32.2. The Morgan fingerprint density at radius 2 is 2.00 bits per heavy atom. The number of carbonyl (C=O) groups is 2. The average Bonchev–Trinajstić information content (AvgIpc) is 2.82. The number of urea groups is 1. The first kappa shape index (κ1) is 19.5. The summed E-state index contributed by atoms with van der Waals surface area (Å²) >= 11 is 2.60. The van der Waals surface area contributed by atoms with Gasteiger partial charge in [0.05, 0.1) is 11.1 Å². The van der Waals surface area contributed by atoms with Gasteiger partial charge in [0.25, 0.3) is 5.56 Å². The van der Waals surface area contributed by atoms with Gasteiger partial charge in [0, 0.05) is 18.5 Å². The monoisotopic (exact) mass is 382 g/mol. The lowest BCUT2D eigenvalue weighted by Gasteiger charge is -2.09. The van der Waals surface area contributed by atoms with E-state index in [2.05, 4.69) is 15.6 Å². The van der Waals surface area contributed by atoms with Crippen LogP contribution in [-0.2, 0) is 11.8 Å². The van der Waals surface area contributed by atoms with E-state index < -0.39 is 11.9 Å². The van der Waals surface area contributed by atoms with Crippen LogP contribution in [0, 0.1) is 19.8 Å². The second-order valence-electron chi connectivity index (χ2n) is 6.16. The molecule has 2 aromatic rings. The molecule has 3 amide bonds. The number of imide groups is 1. The minimum atomic E-state index is -0.513. The Labute approximate surface area is 154 Å². The number of amides is 3. The molecule has 0 bridgehead atoms. The molecule has 9 heteroatoms. The molecule has 0 spiro atoms. The number of hydrogen-bond acceptors (Lipinski definition) is 6. The van der Waals surface area contributed by atoms with Gasteiger partial charge in [-0.1, -0.05) is 25.6 Å². The number of nitrogens with one attached hydrogen (secondary N) is 2. The van der Waals surface area contributed by atoms with Crippen LogP contribution < -0.4 is 16.2 Å². The smallest absolute Gasteiger partial charge is 0.321 e. The quantitative estimate of drug-likeness (QED) is 0.611. The summed E-state index contributed by atoms with van der Waals surface area (Å²) in [5.74, 6) is -0.123. The fraction of sp³-hybridized carbons (Fsp3) is 0.500. The normalized spacial score (nSPS) is 11.1. The second-order valence-corrected chi connectivity index (χ2v) is 8.31. The fourth-order valence-electron chi connectivity index (χ4n) is 2.12. The standard InChI is InChI=1S/C16H22N4O3S2/c1-8(2)6-17-15(23)18-11(21)7-24-16-19-13-12(14(22)20(16)5)9(3)10(4)25-13/h8H,6-7H2,1-5H3,(H2,17,18,21,23). The largest absolute Gasteiger partial charge is 0.338 e. The van der Waals surface area contributed by atoms with E-state index in [-0.39, 0.29) is 11.3 Å². The number of fused-ring (bicyclic) bond motifs is 1. The lowest BCUT2D eigenvalue weighted by atomic mass is 10.2. The molecule has 0 aromatic carbocycles. The van der Waals surface area contributed by atoms with Crippen molar-refractivity contribution in [1.82, 2.24) is 20.2 Å². The molecule has 0 aliphatic rings. The van der Waals surface area contributed by atoms with E-state index in [4.69, 9.17) is 0 Å². The highest BCUT2D eigenvalue weighted by Crippen LogP contribution is 2.27. The summed E-state index contributed by atoms with van der Waals surface area (Å²) in [4.78, 5) is 42.2. The first-order valence-electron chi connectivity index (χ1n) is 7.88. The summed E-state index contributed by atoms with van der Waals surface area (Å²) < 4.78 is 1.44. The predicted octanol–water partition coefficient (Wildman–Crippen LogP) is 2.19. The van der Waals surface area contributed by atoms with Crippen molar-refractivity contribution in [3.8, 4) is 0 Å². The lowest BCUT2D eigenvalue weighted by molar-refractivity contribution is -0.117. The zero-order valence-electron chi connectivity index (χ0n) is 14.9. The van der Waals surface area contributed by atoms with Crippen molar-refractivity contribution >= 4 is 45.3 Å². The van der Waals surface area contributed by atoms with Gasteiger partial charge in [0.1, 0.15) is 4.83 Å². The van der Waals surface area contributed by atoms with Crippen LogP contribution in [-0.4, -0.2) is 33.8 Å². The molecule has 0 atom stereocenters. The van der Waals surface area contributed by atoms with Crippen molar-refractivity contribution < 1.29 is 9.59 Å². The maximum Gasteiger partial charge on any atom is 0.321 e. The van der Waals surface area contributed by atoms with Crippen LogP contribution >= 0.6 is 23.1 Å². The number of thiophene rings is 1. The molecule has 0 saturated heterocycles. The van der Waals surface area contributed by atoms with Crippen LogP contribution in [0.2, 0.25) is 0 Å². The minimum absolute atomic E-state index is 0.00419. The summed E-state index contributed by atoms with van der Waals surface area (Å²) in [5.41, 5.74) is 0.827. The Kier molecular flexibility index (Phi) is 6.23. The fourth-order valence-corrected chi connectivity index (χ4v) is 3.96. The maximum absolute atomic E-state index is 12.5. The zero-order chi connectivity index (χ0) is 18.7. The van der Waals surface area contributed by atoms with Gasteiger partial charge in [0.15, 0.2) is 5.16 Å². The van der Waals surface area contributed by atoms with E-state index in [1.165, 1.54) is 15.9 Å². The van der Waals surface area contributed by atoms with E-state index in [1.807, 2.05) is 27.7 Å². The third-order valence-electron chi connectivity index (χ3n) is 3.63. The van der Waals surface area contributed by atoms with E-state index in [1.54, 1.807) is 7.05 Å². The molecule has 7 nitrogen and oxygen atoms in total. The van der Waals surface area contributed by atoms with Crippen molar-refractivity contribution in [3.63, 3.8) is 0 Å². The highest BCUT2D eigenvalue weighted by Gasteiger charge is 2.16. The first-order chi connectivity index (χ1) is 11.7. The maximum atomic E-state index is 12.5. The zero-order valence-corrected chi connectivity index (χ0v) is 16.6. The SMILES string of the molecule is Cc1sc2nc(SCC(=O)NC(=O)NCC(C)C)n(C)c(=O)c2c1C. The minimum Gasteiger partial charge on any atom is -0.338 e. The Morgan fingerprint density at radius 3 is 2.64 bits per heavy atom. The third-order valence-corrected chi connectivity index (χ3v) is 5.76. The van der Waals surface area contributed by atoms with Gasteiger partial charge in [-0.25, -0.2) is 9.78 Å². The molecule has 0 fully saturated rings. The molecule has 0 unspecified atom stereocenters.